The second kappa shape index (κ2) is 6.17. The summed E-state index contributed by atoms with van der Waals surface area (Å²) in [7, 11) is 1.57. The normalized spacial score (nSPS) is 10.5. The number of nitrogen functional groups attached to an aromatic ring is 1. The molecule has 1 aromatic heterocycles. The number of methoxy groups -OCH3 is 1. The second-order valence-electron chi connectivity index (χ2n) is 4.50. The first-order valence-corrected chi connectivity index (χ1v) is 7.24. The SMILES string of the molecule is CCn1nc(C)c(N)c1C(=O)Nc1cc(Br)cc(OC)c1. The zero-order valence-electron chi connectivity index (χ0n) is 12.1. The van der Waals surface area contributed by atoms with Gasteiger partial charge in [-0.25, -0.2) is 0 Å². The van der Waals surface area contributed by atoms with Gasteiger partial charge in [0, 0.05) is 22.8 Å². The molecule has 1 amide bonds. The molecule has 112 valence electrons. The highest BCUT2D eigenvalue weighted by molar-refractivity contribution is 9.10. The van der Waals surface area contributed by atoms with Crippen LogP contribution in [0.4, 0.5) is 11.4 Å². The van der Waals surface area contributed by atoms with Gasteiger partial charge in [-0.15, -0.1) is 0 Å². The van der Waals surface area contributed by atoms with Crippen LogP contribution in [-0.2, 0) is 6.54 Å². The van der Waals surface area contributed by atoms with Crippen molar-refractivity contribution in [1.29, 1.82) is 0 Å². The Morgan fingerprint density at radius 3 is 2.81 bits per heavy atom. The highest BCUT2D eigenvalue weighted by Gasteiger charge is 2.19. The molecular formula is C14H17BrN4O2. The predicted molar refractivity (Wildman–Crippen MR) is 85.7 cm³/mol. The van der Waals surface area contributed by atoms with Crippen molar-refractivity contribution >= 4 is 33.2 Å². The maximum absolute atomic E-state index is 12.4. The number of carbonyl (C=O) groups excluding carboxylic acids is 1. The van der Waals surface area contributed by atoms with Crippen LogP contribution in [0.25, 0.3) is 0 Å². The van der Waals surface area contributed by atoms with Gasteiger partial charge in [-0.3, -0.25) is 9.48 Å². The van der Waals surface area contributed by atoms with Crippen LogP contribution in [0.1, 0.15) is 23.1 Å². The van der Waals surface area contributed by atoms with Crippen molar-refractivity contribution in [3.63, 3.8) is 0 Å². The maximum Gasteiger partial charge on any atom is 0.276 e. The van der Waals surface area contributed by atoms with E-state index in [1.807, 2.05) is 13.0 Å². The van der Waals surface area contributed by atoms with Gasteiger partial charge in [0.2, 0.25) is 0 Å². The van der Waals surface area contributed by atoms with Crippen molar-refractivity contribution in [3.05, 3.63) is 34.1 Å². The fourth-order valence-corrected chi connectivity index (χ4v) is 2.48. The summed E-state index contributed by atoms with van der Waals surface area (Å²) in [6.45, 7) is 4.26. The van der Waals surface area contributed by atoms with E-state index in [0.29, 0.717) is 35.1 Å². The Hall–Kier alpha value is -2.02. The summed E-state index contributed by atoms with van der Waals surface area (Å²) in [6.07, 6.45) is 0. The average molecular weight is 353 g/mol. The lowest BCUT2D eigenvalue weighted by Gasteiger charge is -2.09. The molecule has 0 radical (unpaired) electrons. The van der Waals surface area contributed by atoms with Crippen molar-refractivity contribution < 1.29 is 9.53 Å². The number of hydrogen-bond acceptors (Lipinski definition) is 4. The van der Waals surface area contributed by atoms with Crippen LogP contribution in [0, 0.1) is 6.92 Å². The van der Waals surface area contributed by atoms with E-state index >= 15 is 0 Å². The van der Waals surface area contributed by atoms with Crippen molar-refractivity contribution in [2.24, 2.45) is 0 Å². The molecule has 0 aliphatic heterocycles. The lowest BCUT2D eigenvalue weighted by atomic mass is 10.2. The minimum Gasteiger partial charge on any atom is -0.497 e. The van der Waals surface area contributed by atoms with Gasteiger partial charge in [0.15, 0.2) is 0 Å². The number of rotatable bonds is 4. The molecule has 0 saturated heterocycles. The highest BCUT2D eigenvalue weighted by atomic mass is 79.9. The van der Waals surface area contributed by atoms with Gasteiger partial charge in [0.25, 0.3) is 5.91 Å². The van der Waals surface area contributed by atoms with E-state index in [0.717, 1.165) is 4.47 Å². The molecule has 1 aromatic carbocycles. The Labute approximate surface area is 131 Å². The third-order valence-corrected chi connectivity index (χ3v) is 3.51. The number of amides is 1. The van der Waals surface area contributed by atoms with Gasteiger partial charge in [0.1, 0.15) is 11.4 Å². The van der Waals surface area contributed by atoms with Gasteiger partial charge >= 0.3 is 0 Å². The van der Waals surface area contributed by atoms with E-state index in [-0.39, 0.29) is 5.91 Å². The number of ether oxygens (including phenoxy) is 1. The summed E-state index contributed by atoms with van der Waals surface area (Å²) in [5, 5.41) is 7.05. The molecule has 0 atom stereocenters. The molecule has 0 aliphatic carbocycles. The van der Waals surface area contributed by atoms with E-state index in [9.17, 15) is 4.79 Å². The predicted octanol–water partition coefficient (Wildman–Crippen LogP) is 2.82. The quantitative estimate of drug-likeness (QED) is 0.886. The van der Waals surface area contributed by atoms with Crippen LogP contribution in [0.3, 0.4) is 0 Å². The number of hydrogen-bond donors (Lipinski definition) is 2. The Kier molecular flexibility index (Phi) is 4.52. The van der Waals surface area contributed by atoms with E-state index in [1.54, 1.807) is 30.8 Å². The fraction of sp³-hybridized carbons (Fsp3) is 0.286. The summed E-state index contributed by atoms with van der Waals surface area (Å²) >= 11 is 3.37. The van der Waals surface area contributed by atoms with Crippen LogP contribution in [0.15, 0.2) is 22.7 Å². The molecule has 1 heterocycles. The van der Waals surface area contributed by atoms with E-state index in [4.69, 9.17) is 10.5 Å². The van der Waals surface area contributed by atoms with Gasteiger partial charge in [-0.1, -0.05) is 15.9 Å². The number of benzene rings is 1. The fourth-order valence-electron chi connectivity index (χ4n) is 2.01. The number of nitrogens with one attached hydrogen (secondary N) is 1. The standard InChI is InChI=1S/C14H17BrN4O2/c1-4-19-13(12(16)8(2)18-19)14(20)17-10-5-9(15)6-11(7-10)21-3/h5-7H,4,16H2,1-3H3,(H,17,20). The Balaban J connectivity index is 2.32. The number of carbonyl (C=O) groups is 1. The van der Waals surface area contributed by atoms with Crippen molar-refractivity contribution in [3.8, 4) is 5.75 Å². The van der Waals surface area contributed by atoms with Crippen molar-refractivity contribution in [2.75, 3.05) is 18.2 Å². The molecule has 0 unspecified atom stereocenters. The topological polar surface area (TPSA) is 82.2 Å². The number of nitrogens with zero attached hydrogens (tertiary/aromatic N) is 2. The first kappa shape index (κ1) is 15.4. The van der Waals surface area contributed by atoms with Crippen LogP contribution in [0.2, 0.25) is 0 Å². The van der Waals surface area contributed by atoms with Crippen molar-refractivity contribution in [2.45, 2.75) is 20.4 Å². The minimum absolute atomic E-state index is 0.296. The third-order valence-electron chi connectivity index (χ3n) is 3.05. The zero-order chi connectivity index (χ0) is 15.6. The molecule has 0 aliphatic rings. The number of aromatic nitrogens is 2. The largest absolute Gasteiger partial charge is 0.497 e. The van der Waals surface area contributed by atoms with E-state index < -0.39 is 0 Å². The number of nitrogens with two attached hydrogens (primary N) is 1. The van der Waals surface area contributed by atoms with Crippen LogP contribution in [-0.4, -0.2) is 22.8 Å². The highest BCUT2D eigenvalue weighted by Crippen LogP contribution is 2.25. The number of aryl methyl sites for hydroxylation is 2. The molecule has 6 nitrogen and oxygen atoms in total. The summed E-state index contributed by atoms with van der Waals surface area (Å²) < 4.78 is 7.58. The summed E-state index contributed by atoms with van der Waals surface area (Å²) in [6, 6.07) is 5.33. The first-order chi connectivity index (χ1) is 9.96. The van der Waals surface area contributed by atoms with E-state index in [1.165, 1.54) is 0 Å². The molecule has 2 rings (SSSR count). The average Bonchev–Trinajstić information content (AvgIpc) is 2.73. The van der Waals surface area contributed by atoms with Crippen LogP contribution >= 0.6 is 15.9 Å². The minimum atomic E-state index is -0.296. The Bertz CT molecular complexity index is 682. The molecule has 0 bridgehead atoms. The third kappa shape index (κ3) is 3.18. The summed E-state index contributed by atoms with van der Waals surface area (Å²) in [5.74, 6) is 0.350. The molecule has 0 fully saturated rings. The Morgan fingerprint density at radius 1 is 1.48 bits per heavy atom. The molecule has 3 N–H and O–H groups in total. The Morgan fingerprint density at radius 2 is 2.19 bits per heavy atom. The lowest BCUT2D eigenvalue weighted by molar-refractivity contribution is 0.101. The molecule has 2 aromatic rings. The maximum atomic E-state index is 12.4. The molecular weight excluding hydrogens is 336 g/mol. The van der Waals surface area contributed by atoms with Crippen LogP contribution < -0.4 is 15.8 Å². The van der Waals surface area contributed by atoms with Gasteiger partial charge in [0.05, 0.1) is 18.5 Å². The first-order valence-electron chi connectivity index (χ1n) is 6.45. The van der Waals surface area contributed by atoms with Gasteiger partial charge in [-0.2, -0.15) is 5.10 Å². The number of halogens is 1. The van der Waals surface area contributed by atoms with Crippen LogP contribution in [0.5, 0.6) is 5.75 Å². The van der Waals surface area contributed by atoms with Gasteiger partial charge < -0.3 is 15.8 Å². The summed E-state index contributed by atoms with van der Waals surface area (Å²) in [4.78, 5) is 12.4. The van der Waals surface area contributed by atoms with E-state index in [2.05, 4.69) is 26.3 Å². The number of anilines is 2. The molecule has 0 saturated carbocycles. The lowest BCUT2D eigenvalue weighted by Crippen LogP contribution is -2.18. The molecule has 7 heteroatoms. The summed E-state index contributed by atoms with van der Waals surface area (Å²) in [5.41, 5.74) is 7.97. The second-order valence-corrected chi connectivity index (χ2v) is 5.41. The zero-order valence-corrected chi connectivity index (χ0v) is 13.7. The molecule has 0 spiro atoms. The van der Waals surface area contributed by atoms with Crippen molar-refractivity contribution in [1.82, 2.24) is 9.78 Å². The van der Waals surface area contributed by atoms with Gasteiger partial charge in [-0.05, 0) is 26.0 Å². The smallest absolute Gasteiger partial charge is 0.276 e. The molecule has 21 heavy (non-hydrogen) atoms. The monoisotopic (exact) mass is 352 g/mol.